The molecule has 0 aliphatic heterocycles. The first-order chi connectivity index (χ1) is 10.0. The lowest BCUT2D eigenvalue weighted by molar-refractivity contribution is -0.139. The van der Waals surface area contributed by atoms with Crippen molar-refractivity contribution >= 4 is 11.9 Å². The first-order valence-corrected chi connectivity index (χ1v) is 6.79. The molecule has 1 rings (SSSR count). The second kappa shape index (κ2) is 8.14. The Morgan fingerprint density at radius 3 is 2.43 bits per heavy atom. The Bertz CT molecular complexity index is 501. The number of nitrogens with one attached hydrogen (secondary N) is 1. The van der Waals surface area contributed by atoms with Gasteiger partial charge in [0.2, 0.25) is 0 Å². The van der Waals surface area contributed by atoms with Gasteiger partial charge in [-0.25, -0.2) is 4.79 Å². The van der Waals surface area contributed by atoms with Crippen LogP contribution < -0.4 is 14.8 Å². The molecule has 0 aliphatic rings. The van der Waals surface area contributed by atoms with Crippen LogP contribution in [0.15, 0.2) is 18.2 Å². The summed E-state index contributed by atoms with van der Waals surface area (Å²) in [5.74, 6) is -0.544. The van der Waals surface area contributed by atoms with Crippen LogP contribution in [0.3, 0.4) is 0 Å². The second-order valence-electron chi connectivity index (χ2n) is 4.58. The molecule has 0 aliphatic carbocycles. The van der Waals surface area contributed by atoms with Crippen molar-refractivity contribution in [3.8, 4) is 11.5 Å². The highest BCUT2D eigenvalue weighted by Crippen LogP contribution is 2.27. The number of unbranched alkanes of at least 4 members (excludes halogenated alkanes) is 1. The van der Waals surface area contributed by atoms with Crippen molar-refractivity contribution in [1.29, 1.82) is 0 Å². The number of hydrogen-bond donors (Lipinski definition) is 2. The van der Waals surface area contributed by atoms with E-state index in [1.807, 2.05) is 6.92 Å². The normalized spacial score (nSPS) is 11.6. The molecule has 1 atom stereocenters. The lowest BCUT2D eigenvalue weighted by Gasteiger charge is -2.15. The van der Waals surface area contributed by atoms with Crippen LogP contribution in [0.5, 0.6) is 11.5 Å². The summed E-state index contributed by atoms with van der Waals surface area (Å²) in [5, 5.41) is 11.6. The average Bonchev–Trinajstić information content (AvgIpc) is 2.49. The Hall–Kier alpha value is -2.24. The number of amides is 1. The number of aliphatic carboxylic acids is 1. The molecule has 6 nitrogen and oxygen atoms in total. The maximum Gasteiger partial charge on any atom is 0.326 e. The van der Waals surface area contributed by atoms with Gasteiger partial charge >= 0.3 is 5.97 Å². The van der Waals surface area contributed by atoms with E-state index in [1.54, 1.807) is 12.1 Å². The van der Waals surface area contributed by atoms with Crippen molar-refractivity contribution in [2.75, 3.05) is 14.2 Å². The molecule has 0 saturated heterocycles. The number of carbonyl (C=O) groups excluding carboxylic acids is 1. The molecular formula is C15H21NO5. The number of carboxylic acids is 1. The third kappa shape index (κ3) is 4.66. The topological polar surface area (TPSA) is 84.9 Å². The van der Waals surface area contributed by atoms with Gasteiger partial charge in [0, 0.05) is 5.56 Å². The van der Waals surface area contributed by atoms with Crippen molar-refractivity contribution in [3.05, 3.63) is 23.8 Å². The van der Waals surface area contributed by atoms with Crippen molar-refractivity contribution in [2.45, 2.75) is 32.2 Å². The SMILES string of the molecule is CCCCC(NC(=O)c1ccc(OC)c(OC)c1)C(=O)O. The van der Waals surface area contributed by atoms with E-state index >= 15 is 0 Å². The number of rotatable bonds is 8. The monoisotopic (exact) mass is 295 g/mol. The molecule has 0 fully saturated rings. The minimum Gasteiger partial charge on any atom is -0.493 e. The van der Waals surface area contributed by atoms with Crippen LogP contribution in [-0.4, -0.2) is 37.2 Å². The van der Waals surface area contributed by atoms with Crippen LogP contribution in [0.1, 0.15) is 36.5 Å². The fourth-order valence-corrected chi connectivity index (χ4v) is 1.88. The summed E-state index contributed by atoms with van der Waals surface area (Å²) < 4.78 is 10.2. The molecule has 0 saturated carbocycles. The Kier molecular flexibility index (Phi) is 6.52. The number of methoxy groups -OCH3 is 2. The van der Waals surface area contributed by atoms with Crippen LogP contribution in [0.4, 0.5) is 0 Å². The van der Waals surface area contributed by atoms with Crippen LogP contribution in [0.2, 0.25) is 0 Å². The standard InChI is InChI=1S/C15H21NO5/c1-4-5-6-11(15(18)19)16-14(17)10-7-8-12(20-2)13(9-10)21-3/h7-9,11H,4-6H2,1-3H3,(H,16,17)(H,18,19). The first kappa shape index (κ1) is 16.8. The van der Waals surface area contributed by atoms with Gasteiger partial charge in [-0.1, -0.05) is 19.8 Å². The number of carboxylic acid groups (broad SMARTS) is 1. The van der Waals surface area contributed by atoms with E-state index < -0.39 is 17.9 Å². The van der Waals surface area contributed by atoms with Gasteiger partial charge in [0.1, 0.15) is 6.04 Å². The van der Waals surface area contributed by atoms with E-state index in [0.717, 1.165) is 12.8 Å². The second-order valence-corrected chi connectivity index (χ2v) is 4.58. The smallest absolute Gasteiger partial charge is 0.326 e. The fourth-order valence-electron chi connectivity index (χ4n) is 1.88. The Morgan fingerprint density at radius 2 is 1.90 bits per heavy atom. The van der Waals surface area contributed by atoms with E-state index in [1.165, 1.54) is 20.3 Å². The van der Waals surface area contributed by atoms with E-state index in [2.05, 4.69) is 5.32 Å². The van der Waals surface area contributed by atoms with Gasteiger partial charge in [0.15, 0.2) is 11.5 Å². The van der Waals surface area contributed by atoms with Gasteiger partial charge in [-0.05, 0) is 24.6 Å². The minimum atomic E-state index is -1.03. The molecule has 1 amide bonds. The molecule has 0 bridgehead atoms. The zero-order chi connectivity index (χ0) is 15.8. The molecular weight excluding hydrogens is 274 g/mol. The minimum absolute atomic E-state index is 0.329. The van der Waals surface area contributed by atoms with Gasteiger partial charge in [-0.3, -0.25) is 4.79 Å². The van der Waals surface area contributed by atoms with Gasteiger partial charge < -0.3 is 19.9 Å². The molecule has 1 aromatic rings. The third-order valence-electron chi connectivity index (χ3n) is 3.10. The Morgan fingerprint density at radius 1 is 1.24 bits per heavy atom. The molecule has 0 heterocycles. The number of benzene rings is 1. The summed E-state index contributed by atoms with van der Waals surface area (Å²) in [6.45, 7) is 1.97. The summed E-state index contributed by atoms with van der Waals surface area (Å²) in [7, 11) is 2.98. The predicted octanol–water partition coefficient (Wildman–Crippen LogP) is 2.08. The van der Waals surface area contributed by atoms with E-state index in [4.69, 9.17) is 14.6 Å². The Balaban J connectivity index is 2.84. The third-order valence-corrected chi connectivity index (χ3v) is 3.10. The summed E-state index contributed by atoms with van der Waals surface area (Å²) in [4.78, 5) is 23.3. The number of carbonyl (C=O) groups is 2. The number of ether oxygens (including phenoxy) is 2. The van der Waals surface area contributed by atoms with Crippen LogP contribution in [0, 0.1) is 0 Å². The summed E-state index contributed by atoms with van der Waals surface area (Å²) in [6.07, 6.45) is 2.02. The molecule has 6 heteroatoms. The van der Waals surface area contributed by atoms with Gasteiger partial charge in [-0.15, -0.1) is 0 Å². The maximum atomic E-state index is 12.1. The lowest BCUT2D eigenvalue weighted by atomic mass is 10.1. The Labute approximate surface area is 124 Å². The largest absolute Gasteiger partial charge is 0.493 e. The molecule has 1 unspecified atom stereocenters. The van der Waals surface area contributed by atoms with Crippen LogP contribution >= 0.6 is 0 Å². The zero-order valence-corrected chi connectivity index (χ0v) is 12.5. The van der Waals surface area contributed by atoms with Gasteiger partial charge in [0.25, 0.3) is 5.91 Å². The van der Waals surface area contributed by atoms with Crippen LogP contribution in [0.25, 0.3) is 0 Å². The lowest BCUT2D eigenvalue weighted by Crippen LogP contribution is -2.40. The van der Waals surface area contributed by atoms with Gasteiger partial charge in [-0.2, -0.15) is 0 Å². The number of hydrogen-bond acceptors (Lipinski definition) is 4. The van der Waals surface area contributed by atoms with E-state index in [-0.39, 0.29) is 0 Å². The van der Waals surface area contributed by atoms with E-state index in [9.17, 15) is 9.59 Å². The molecule has 116 valence electrons. The molecule has 0 spiro atoms. The highest BCUT2D eigenvalue weighted by Gasteiger charge is 2.20. The molecule has 0 radical (unpaired) electrons. The highest BCUT2D eigenvalue weighted by atomic mass is 16.5. The van der Waals surface area contributed by atoms with Crippen molar-refractivity contribution in [1.82, 2.24) is 5.32 Å². The van der Waals surface area contributed by atoms with Crippen molar-refractivity contribution in [3.63, 3.8) is 0 Å². The first-order valence-electron chi connectivity index (χ1n) is 6.79. The summed E-state index contributed by atoms with van der Waals surface area (Å²) in [6, 6.07) is 3.81. The molecule has 21 heavy (non-hydrogen) atoms. The average molecular weight is 295 g/mol. The molecule has 1 aromatic carbocycles. The van der Waals surface area contributed by atoms with Crippen molar-refractivity contribution < 1.29 is 24.2 Å². The maximum absolute atomic E-state index is 12.1. The van der Waals surface area contributed by atoms with Gasteiger partial charge in [0.05, 0.1) is 14.2 Å². The van der Waals surface area contributed by atoms with Crippen molar-refractivity contribution in [2.24, 2.45) is 0 Å². The summed E-state index contributed by atoms with van der Waals surface area (Å²) in [5.41, 5.74) is 0.329. The zero-order valence-electron chi connectivity index (χ0n) is 12.5. The predicted molar refractivity (Wildman–Crippen MR) is 78.0 cm³/mol. The fraction of sp³-hybridized carbons (Fsp3) is 0.467. The molecule has 0 aromatic heterocycles. The van der Waals surface area contributed by atoms with Crippen LogP contribution in [-0.2, 0) is 4.79 Å². The highest BCUT2D eigenvalue weighted by molar-refractivity contribution is 5.97. The molecule has 2 N–H and O–H groups in total. The summed E-state index contributed by atoms with van der Waals surface area (Å²) >= 11 is 0. The quantitative estimate of drug-likeness (QED) is 0.767. The van der Waals surface area contributed by atoms with E-state index in [0.29, 0.717) is 23.5 Å².